The van der Waals surface area contributed by atoms with E-state index in [1.54, 1.807) is 0 Å². The number of hydrogen-bond donors (Lipinski definition) is 1. The Bertz CT molecular complexity index is 191. The van der Waals surface area contributed by atoms with Crippen LogP contribution in [-0.2, 0) is 0 Å². The van der Waals surface area contributed by atoms with Crippen LogP contribution in [-0.4, -0.2) is 36.6 Å². The van der Waals surface area contributed by atoms with Crippen LogP contribution >= 0.6 is 0 Å². The minimum Gasteiger partial charge on any atom is -0.314 e. The Morgan fingerprint density at radius 3 is 2.80 bits per heavy atom. The van der Waals surface area contributed by atoms with Gasteiger partial charge in [0.15, 0.2) is 0 Å². The Morgan fingerprint density at radius 1 is 1.27 bits per heavy atom. The predicted molar refractivity (Wildman–Crippen MR) is 65.1 cm³/mol. The van der Waals surface area contributed by atoms with Crippen molar-refractivity contribution in [3.63, 3.8) is 0 Å². The molecule has 2 aliphatic rings. The van der Waals surface area contributed by atoms with Crippen LogP contribution in [0, 0.1) is 5.92 Å². The summed E-state index contributed by atoms with van der Waals surface area (Å²) in [7, 11) is 0. The maximum absolute atomic E-state index is 3.62. The molecule has 2 fully saturated rings. The maximum atomic E-state index is 3.62. The molecule has 15 heavy (non-hydrogen) atoms. The van der Waals surface area contributed by atoms with Crippen LogP contribution in [0.5, 0.6) is 0 Å². The molecular weight excluding hydrogens is 184 g/mol. The molecule has 0 radical (unpaired) electrons. The van der Waals surface area contributed by atoms with Crippen molar-refractivity contribution in [1.82, 2.24) is 10.2 Å². The molecule has 1 aliphatic carbocycles. The summed E-state index contributed by atoms with van der Waals surface area (Å²) < 4.78 is 0. The predicted octanol–water partition coefficient (Wildman–Crippen LogP) is 2.25. The number of rotatable bonds is 3. The second-order valence-electron chi connectivity index (χ2n) is 5.46. The Morgan fingerprint density at radius 2 is 2.13 bits per heavy atom. The summed E-state index contributed by atoms with van der Waals surface area (Å²) in [5, 5.41) is 3.62. The first-order chi connectivity index (χ1) is 7.29. The molecule has 0 aromatic heterocycles. The molecule has 1 N–H and O–H groups in total. The summed E-state index contributed by atoms with van der Waals surface area (Å²) in [6.07, 6.45) is 7.07. The molecule has 2 rings (SSSR count). The zero-order valence-corrected chi connectivity index (χ0v) is 10.3. The van der Waals surface area contributed by atoms with Crippen molar-refractivity contribution in [2.45, 2.75) is 58.0 Å². The highest BCUT2D eigenvalue weighted by Crippen LogP contribution is 2.27. The van der Waals surface area contributed by atoms with Crippen molar-refractivity contribution in [3.05, 3.63) is 0 Å². The second kappa shape index (κ2) is 5.31. The molecule has 2 heteroatoms. The van der Waals surface area contributed by atoms with E-state index >= 15 is 0 Å². The minimum atomic E-state index is 0.796. The van der Waals surface area contributed by atoms with Crippen molar-refractivity contribution >= 4 is 0 Å². The van der Waals surface area contributed by atoms with Crippen LogP contribution in [0.1, 0.15) is 46.0 Å². The highest BCUT2D eigenvalue weighted by molar-refractivity contribution is 4.86. The van der Waals surface area contributed by atoms with Crippen LogP contribution in [0.2, 0.25) is 0 Å². The maximum Gasteiger partial charge on any atom is 0.0110 e. The fourth-order valence-electron chi connectivity index (χ4n) is 3.27. The molecule has 1 heterocycles. The lowest BCUT2D eigenvalue weighted by molar-refractivity contribution is 0.165. The van der Waals surface area contributed by atoms with Gasteiger partial charge in [-0.3, -0.25) is 0 Å². The average molecular weight is 210 g/mol. The van der Waals surface area contributed by atoms with Gasteiger partial charge < -0.3 is 10.2 Å². The monoisotopic (exact) mass is 210 g/mol. The zero-order chi connectivity index (χ0) is 10.7. The summed E-state index contributed by atoms with van der Waals surface area (Å²) >= 11 is 0. The molecule has 3 unspecified atom stereocenters. The van der Waals surface area contributed by atoms with Crippen LogP contribution in [0.3, 0.4) is 0 Å². The Hall–Kier alpha value is -0.0800. The van der Waals surface area contributed by atoms with Gasteiger partial charge in [-0.25, -0.2) is 0 Å². The first-order valence-corrected chi connectivity index (χ1v) is 6.77. The molecule has 0 aromatic carbocycles. The van der Waals surface area contributed by atoms with E-state index in [4.69, 9.17) is 0 Å². The van der Waals surface area contributed by atoms with Gasteiger partial charge in [0.25, 0.3) is 0 Å². The molecule has 0 spiro atoms. The fourth-order valence-corrected chi connectivity index (χ4v) is 3.27. The second-order valence-corrected chi connectivity index (χ2v) is 5.46. The van der Waals surface area contributed by atoms with Gasteiger partial charge in [0.1, 0.15) is 0 Å². The number of likely N-dealkylation sites (tertiary alicyclic amines) is 1. The highest BCUT2D eigenvalue weighted by Gasteiger charge is 2.29. The summed E-state index contributed by atoms with van der Waals surface area (Å²) in [6, 6.07) is 1.68. The van der Waals surface area contributed by atoms with Crippen molar-refractivity contribution < 1.29 is 0 Å². The molecule has 1 saturated carbocycles. The van der Waals surface area contributed by atoms with E-state index in [0.29, 0.717) is 0 Å². The number of nitrogens with zero attached hydrogens (tertiary/aromatic N) is 1. The van der Waals surface area contributed by atoms with Crippen molar-refractivity contribution in [2.24, 2.45) is 5.92 Å². The summed E-state index contributed by atoms with van der Waals surface area (Å²) in [5.74, 6) is 0.935. The molecule has 1 aliphatic heterocycles. The summed E-state index contributed by atoms with van der Waals surface area (Å²) in [6.45, 7) is 8.45. The summed E-state index contributed by atoms with van der Waals surface area (Å²) in [4.78, 5) is 2.74. The van der Waals surface area contributed by atoms with Crippen LogP contribution < -0.4 is 5.32 Å². The molecule has 0 aromatic rings. The number of nitrogens with one attached hydrogen (secondary N) is 1. The third-order valence-electron chi connectivity index (χ3n) is 4.11. The number of hydrogen-bond acceptors (Lipinski definition) is 2. The average Bonchev–Trinajstić information content (AvgIpc) is 2.66. The molecule has 0 amide bonds. The molecule has 88 valence electrons. The van der Waals surface area contributed by atoms with Crippen molar-refractivity contribution in [3.8, 4) is 0 Å². The van der Waals surface area contributed by atoms with E-state index in [9.17, 15) is 0 Å². The van der Waals surface area contributed by atoms with Gasteiger partial charge in [-0.05, 0) is 44.7 Å². The van der Waals surface area contributed by atoms with E-state index in [-0.39, 0.29) is 0 Å². The van der Waals surface area contributed by atoms with E-state index in [1.807, 2.05) is 0 Å². The first-order valence-electron chi connectivity index (χ1n) is 6.77. The minimum absolute atomic E-state index is 0.796. The SMILES string of the molecule is CCNC1CCCC(N2CCC(C)C2)C1. The third-order valence-corrected chi connectivity index (χ3v) is 4.11. The molecule has 1 saturated heterocycles. The lowest BCUT2D eigenvalue weighted by atomic mass is 9.90. The van der Waals surface area contributed by atoms with Gasteiger partial charge in [-0.1, -0.05) is 20.3 Å². The van der Waals surface area contributed by atoms with Gasteiger partial charge in [0, 0.05) is 18.6 Å². The lowest BCUT2D eigenvalue weighted by Gasteiger charge is -2.35. The smallest absolute Gasteiger partial charge is 0.0110 e. The van der Waals surface area contributed by atoms with Gasteiger partial charge >= 0.3 is 0 Å². The summed E-state index contributed by atoms with van der Waals surface area (Å²) in [5.41, 5.74) is 0. The Balaban J connectivity index is 1.81. The van der Waals surface area contributed by atoms with E-state index in [1.165, 1.54) is 45.2 Å². The van der Waals surface area contributed by atoms with E-state index in [0.717, 1.165) is 24.5 Å². The van der Waals surface area contributed by atoms with E-state index < -0.39 is 0 Å². The standard InChI is InChI=1S/C13H26N2/c1-3-14-12-5-4-6-13(9-12)15-8-7-11(2)10-15/h11-14H,3-10H2,1-2H3. The Labute approximate surface area is 94.4 Å². The molecule has 3 atom stereocenters. The van der Waals surface area contributed by atoms with Gasteiger partial charge in [0.2, 0.25) is 0 Å². The van der Waals surface area contributed by atoms with Gasteiger partial charge in [-0.2, -0.15) is 0 Å². The van der Waals surface area contributed by atoms with Gasteiger partial charge in [-0.15, -0.1) is 0 Å². The Kier molecular flexibility index (Phi) is 4.04. The van der Waals surface area contributed by atoms with Crippen LogP contribution in [0.25, 0.3) is 0 Å². The van der Waals surface area contributed by atoms with E-state index in [2.05, 4.69) is 24.1 Å². The van der Waals surface area contributed by atoms with Crippen LogP contribution in [0.15, 0.2) is 0 Å². The molecule has 0 bridgehead atoms. The van der Waals surface area contributed by atoms with Crippen LogP contribution in [0.4, 0.5) is 0 Å². The van der Waals surface area contributed by atoms with Crippen molar-refractivity contribution in [1.29, 1.82) is 0 Å². The quantitative estimate of drug-likeness (QED) is 0.768. The zero-order valence-electron chi connectivity index (χ0n) is 10.3. The lowest BCUT2D eigenvalue weighted by Crippen LogP contribution is -2.43. The highest BCUT2D eigenvalue weighted by atomic mass is 15.2. The third kappa shape index (κ3) is 2.94. The van der Waals surface area contributed by atoms with Crippen molar-refractivity contribution in [2.75, 3.05) is 19.6 Å². The normalized spacial score (nSPS) is 38.4. The molecule has 2 nitrogen and oxygen atoms in total. The first kappa shape index (κ1) is 11.4. The topological polar surface area (TPSA) is 15.3 Å². The largest absolute Gasteiger partial charge is 0.314 e. The van der Waals surface area contributed by atoms with Gasteiger partial charge in [0.05, 0.1) is 0 Å². The fraction of sp³-hybridized carbons (Fsp3) is 1.00. The molecular formula is C13H26N2.